The van der Waals surface area contributed by atoms with Gasteiger partial charge >= 0.3 is 0 Å². The maximum atomic E-state index is 9.62. The molecule has 68 valence electrons. The highest BCUT2D eigenvalue weighted by molar-refractivity contribution is 7.13. The lowest BCUT2D eigenvalue weighted by Gasteiger charge is -2.20. The van der Waals surface area contributed by atoms with Gasteiger partial charge < -0.3 is 10.4 Å². The summed E-state index contributed by atoms with van der Waals surface area (Å²) in [7, 11) is 0. The molecule has 0 saturated carbocycles. The fraction of sp³-hybridized carbons (Fsp3) is 0.714. The van der Waals surface area contributed by atoms with E-state index in [9.17, 15) is 5.11 Å². The highest BCUT2D eigenvalue weighted by Gasteiger charge is 2.17. The quantitative estimate of drug-likeness (QED) is 0.741. The molecule has 1 aromatic rings. The molecule has 2 N–H and O–H groups in total. The number of hydrogen-bond acceptors (Lipinski definition) is 5. The molecule has 1 aromatic heterocycles. The zero-order valence-electron chi connectivity index (χ0n) is 7.24. The van der Waals surface area contributed by atoms with E-state index >= 15 is 0 Å². The predicted molar refractivity (Wildman–Crippen MR) is 49.3 cm³/mol. The first-order chi connectivity index (χ1) is 5.64. The topological polar surface area (TPSA) is 58.0 Å². The Labute approximate surface area is 75.6 Å². The average Bonchev–Trinajstić information content (AvgIpc) is 2.53. The van der Waals surface area contributed by atoms with Crippen LogP contribution >= 0.6 is 11.3 Å². The van der Waals surface area contributed by atoms with Crippen molar-refractivity contribution in [2.75, 3.05) is 11.9 Å². The Morgan fingerprint density at radius 3 is 3.00 bits per heavy atom. The first-order valence-corrected chi connectivity index (χ1v) is 4.74. The first-order valence-electron chi connectivity index (χ1n) is 3.86. The van der Waals surface area contributed by atoms with Gasteiger partial charge in [0.2, 0.25) is 5.13 Å². The fourth-order valence-electron chi connectivity index (χ4n) is 0.641. The van der Waals surface area contributed by atoms with Gasteiger partial charge in [-0.25, -0.2) is 0 Å². The smallest absolute Gasteiger partial charge is 0.205 e. The molecule has 0 bridgehead atoms. The summed E-state index contributed by atoms with van der Waals surface area (Å²) in [6.07, 6.45) is 0.721. The van der Waals surface area contributed by atoms with Crippen LogP contribution < -0.4 is 5.32 Å². The third-order valence-electron chi connectivity index (χ3n) is 1.74. The Bertz CT molecular complexity index is 223. The molecule has 1 unspecified atom stereocenters. The Kier molecular flexibility index (Phi) is 2.99. The molecule has 0 saturated heterocycles. The van der Waals surface area contributed by atoms with Crippen LogP contribution in [-0.4, -0.2) is 27.4 Å². The second kappa shape index (κ2) is 3.82. The molecule has 0 aliphatic rings. The van der Waals surface area contributed by atoms with Crippen molar-refractivity contribution in [3.05, 3.63) is 5.51 Å². The van der Waals surface area contributed by atoms with Gasteiger partial charge in [-0.2, -0.15) is 0 Å². The van der Waals surface area contributed by atoms with Crippen molar-refractivity contribution in [3.63, 3.8) is 0 Å². The average molecular weight is 187 g/mol. The fourth-order valence-corrected chi connectivity index (χ4v) is 1.09. The normalized spacial score (nSPS) is 15.6. The van der Waals surface area contributed by atoms with Crippen molar-refractivity contribution in [1.82, 2.24) is 10.2 Å². The van der Waals surface area contributed by atoms with Crippen molar-refractivity contribution >= 4 is 16.5 Å². The largest absolute Gasteiger partial charge is 0.388 e. The van der Waals surface area contributed by atoms with Crippen LogP contribution in [0.4, 0.5) is 5.13 Å². The summed E-state index contributed by atoms with van der Waals surface area (Å²) in [5.74, 6) is 0. The zero-order chi connectivity index (χ0) is 9.03. The summed E-state index contributed by atoms with van der Waals surface area (Å²) < 4.78 is 0. The van der Waals surface area contributed by atoms with Crippen molar-refractivity contribution in [2.45, 2.75) is 25.9 Å². The summed E-state index contributed by atoms with van der Waals surface area (Å²) in [4.78, 5) is 0. The lowest BCUT2D eigenvalue weighted by molar-refractivity contribution is 0.0697. The minimum Gasteiger partial charge on any atom is -0.388 e. The van der Waals surface area contributed by atoms with Crippen molar-refractivity contribution < 1.29 is 5.11 Å². The van der Waals surface area contributed by atoms with Crippen LogP contribution in [0.5, 0.6) is 0 Å². The number of aliphatic hydroxyl groups is 1. The molecule has 0 radical (unpaired) electrons. The molecule has 0 spiro atoms. The third-order valence-corrected chi connectivity index (χ3v) is 2.39. The van der Waals surface area contributed by atoms with Crippen molar-refractivity contribution in [2.24, 2.45) is 0 Å². The van der Waals surface area contributed by atoms with Crippen LogP contribution in [0.3, 0.4) is 0 Å². The second-order valence-electron chi connectivity index (χ2n) is 2.95. The van der Waals surface area contributed by atoms with Crippen LogP contribution in [0.15, 0.2) is 5.51 Å². The summed E-state index contributed by atoms with van der Waals surface area (Å²) in [6.45, 7) is 4.25. The Hall–Kier alpha value is -0.680. The number of rotatable bonds is 4. The van der Waals surface area contributed by atoms with E-state index in [1.54, 1.807) is 12.4 Å². The van der Waals surface area contributed by atoms with Crippen LogP contribution in [0.25, 0.3) is 0 Å². The van der Waals surface area contributed by atoms with Gasteiger partial charge in [0.25, 0.3) is 0 Å². The molecule has 0 aliphatic carbocycles. The molecule has 0 aliphatic heterocycles. The van der Waals surface area contributed by atoms with Crippen LogP contribution in [-0.2, 0) is 0 Å². The highest BCUT2D eigenvalue weighted by atomic mass is 32.1. The first kappa shape index (κ1) is 9.41. The van der Waals surface area contributed by atoms with Gasteiger partial charge in [-0.15, -0.1) is 10.2 Å². The predicted octanol–water partition coefficient (Wildman–Crippen LogP) is 1.11. The monoisotopic (exact) mass is 187 g/mol. The van der Waals surface area contributed by atoms with Crippen molar-refractivity contribution in [1.29, 1.82) is 0 Å². The van der Waals surface area contributed by atoms with E-state index in [1.807, 2.05) is 6.92 Å². The van der Waals surface area contributed by atoms with E-state index in [4.69, 9.17) is 0 Å². The molecule has 0 fully saturated rings. The van der Waals surface area contributed by atoms with Gasteiger partial charge in [0.15, 0.2) is 0 Å². The number of nitrogens with one attached hydrogen (secondary N) is 1. The van der Waals surface area contributed by atoms with Crippen molar-refractivity contribution in [3.8, 4) is 0 Å². The molecule has 1 atom stereocenters. The third kappa shape index (κ3) is 2.75. The SMILES string of the molecule is CCC(C)(O)CNc1nncs1. The summed E-state index contributed by atoms with van der Waals surface area (Å²) in [5.41, 5.74) is 0.995. The number of nitrogens with zero attached hydrogens (tertiary/aromatic N) is 2. The van der Waals surface area contributed by atoms with E-state index in [2.05, 4.69) is 15.5 Å². The summed E-state index contributed by atoms with van der Waals surface area (Å²) in [5, 5.41) is 20.9. The van der Waals surface area contributed by atoms with Crippen LogP contribution in [0.2, 0.25) is 0 Å². The van der Waals surface area contributed by atoms with E-state index in [0.29, 0.717) is 6.54 Å². The molecule has 0 amide bonds. The second-order valence-corrected chi connectivity index (χ2v) is 3.78. The molecule has 4 nitrogen and oxygen atoms in total. The van der Waals surface area contributed by atoms with E-state index in [-0.39, 0.29) is 0 Å². The molecule has 12 heavy (non-hydrogen) atoms. The van der Waals surface area contributed by atoms with Gasteiger partial charge in [-0.1, -0.05) is 18.3 Å². The lowest BCUT2D eigenvalue weighted by atomic mass is 10.0. The Morgan fingerprint density at radius 2 is 2.50 bits per heavy atom. The number of aromatic nitrogens is 2. The summed E-state index contributed by atoms with van der Waals surface area (Å²) in [6, 6.07) is 0. The maximum absolute atomic E-state index is 9.62. The summed E-state index contributed by atoms with van der Waals surface area (Å²) >= 11 is 1.43. The molecule has 0 aromatic carbocycles. The molecule has 1 heterocycles. The van der Waals surface area contributed by atoms with Gasteiger partial charge in [0.1, 0.15) is 5.51 Å². The Morgan fingerprint density at radius 1 is 1.75 bits per heavy atom. The minimum atomic E-state index is -0.661. The van der Waals surface area contributed by atoms with Crippen LogP contribution in [0, 0.1) is 0 Å². The standard InChI is InChI=1S/C7H13N3OS/c1-3-7(2,11)4-8-6-10-9-5-12-6/h5,11H,3-4H2,1-2H3,(H,8,10). The molecular formula is C7H13N3OS. The lowest BCUT2D eigenvalue weighted by Crippen LogP contribution is -2.32. The van der Waals surface area contributed by atoms with Gasteiger partial charge in [0.05, 0.1) is 5.60 Å². The highest BCUT2D eigenvalue weighted by Crippen LogP contribution is 2.12. The van der Waals surface area contributed by atoms with Gasteiger partial charge in [-0.05, 0) is 13.3 Å². The molecule has 5 heteroatoms. The van der Waals surface area contributed by atoms with Crippen LogP contribution in [0.1, 0.15) is 20.3 Å². The molecule has 1 rings (SSSR count). The van der Waals surface area contributed by atoms with Gasteiger partial charge in [-0.3, -0.25) is 0 Å². The Balaban J connectivity index is 2.36. The molecular weight excluding hydrogens is 174 g/mol. The number of anilines is 1. The minimum absolute atomic E-state index is 0.513. The number of hydrogen-bond donors (Lipinski definition) is 2. The van der Waals surface area contributed by atoms with E-state index in [0.717, 1.165) is 11.6 Å². The van der Waals surface area contributed by atoms with Gasteiger partial charge in [0, 0.05) is 6.54 Å². The zero-order valence-corrected chi connectivity index (χ0v) is 8.06. The van der Waals surface area contributed by atoms with E-state index in [1.165, 1.54) is 11.3 Å². The van der Waals surface area contributed by atoms with E-state index < -0.39 is 5.60 Å². The maximum Gasteiger partial charge on any atom is 0.205 e.